The Hall–Kier alpha value is -2.49. The Kier molecular flexibility index (Phi) is 5.94. The van der Waals surface area contributed by atoms with Crippen LogP contribution in [0.3, 0.4) is 0 Å². The standard InChI is InChI=1S/C21H21FN10O9P2S2/c22-8-11-7(37-17(8)31-5-29-9-13(23)25-3-27-15(9)31)1-36-42(33,44)41-21-12-18(32-6-30-10-14(24)26-4-28-16(10)32)38-20(21,2-35-12)19(21)40-43(34,45)39-11/h3-8,11-12,17-19H,1-2H2,(H,33,44)(H,34,45)(H2,23,25,27)(H2,24,26,28)/t7-,8-,11-,12+,17-,18-,19?,20-,21-,42?,43?/m1/s1. The average molecular weight is 703 g/mol. The van der Waals surface area contributed by atoms with Gasteiger partial charge in [0.25, 0.3) is 0 Å². The van der Waals surface area contributed by atoms with Gasteiger partial charge < -0.3 is 25.7 Å². The molecule has 9 rings (SSSR count). The Labute approximate surface area is 260 Å². The van der Waals surface area contributed by atoms with Gasteiger partial charge in [0.1, 0.15) is 48.1 Å². The van der Waals surface area contributed by atoms with Crippen LogP contribution in [0.5, 0.6) is 0 Å². The van der Waals surface area contributed by atoms with Gasteiger partial charge in [-0.05, 0) is 0 Å². The van der Waals surface area contributed by atoms with Crippen LogP contribution >= 0.6 is 38.1 Å². The minimum Gasteiger partial charge on any atom is -0.382 e. The molecule has 4 aromatic heterocycles. The zero-order valence-electron chi connectivity index (χ0n) is 22.3. The van der Waals surface area contributed by atoms with E-state index >= 15 is 4.39 Å². The van der Waals surface area contributed by atoms with Crippen LogP contribution in [-0.4, -0.2) is 94.0 Å². The van der Waals surface area contributed by atoms with E-state index in [0.29, 0.717) is 11.2 Å². The fourth-order valence-electron chi connectivity index (χ4n) is 6.67. The third-order valence-corrected chi connectivity index (χ3v) is 11.8. The van der Waals surface area contributed by atoms with Gasteiger partial charge in [-0.2, -0.15) is 0 Å². The van der Waals surface area contributed by atoms with Crippen LogP contribution in [0.1, 0.15) is 12.5 Å². The van der Waals surface area contributed by atoms with Crippen molar-refractivity contribution in [1.82, 2.24) is 39.0 Å². The first-order valence-electron chi connectivity index (χ1n) is 13.3. The van der Waals surface area contributed by atoms with E-state index in [0.717, 1.165) is 0 Å². The Bertz CT molecular complexity index is 2010. The molecule has 4 N–H and O–H groups in total. The number of hydrogen-bond acceptors (Lipinski definition) is 17. The zero-order chi connectivity index (χ0) is 31.1. The quantitative estimate of drug-likeness (QED) is 0.170. The van der Waals surface area contributed by atoms with Crippen molar-refractivity contribution in [2.75, 3.05) is 24.7 Å². The number of nitrogen functional groups attached to an aromatic ring is 2. The minimum absolute atomic E-state index is 0.0769. The van der Waals surface area contributed by atoms with E-state index in [4.69, 9.17) is 43.8 Å². The van der Waals surface area contributed by atoms with Crippen LogP contribution in [0.25, 0.3) is 22.3 Å². The van der Waals surface area contributed by atoms with E-state index in [1.807, 2.05) is 0 Å². The van der Waals surface area contributed by atoms with Gasteiger partial charge in [0, 0.05) is 0 Å². The summed E-state index contributed by atoms with van der Waals surface area (Å²) in [5.74, 6) is 0.228. The number of imidazole rings is 2. The summed E-state index contributed by atoms with van der Waals surface area (Å²) in [7, 11) is 0. The highest BCUT2D eigenvalue weighted by molar-refractivity contribution is 8.44. The van der Waals surface area contributed by atoms with Crippen molar-refractivity contribution in [1.29, 1.82) is 0 Å². The summed E-state index contributed by atoms with van der Waals surface area (Å²) in [6.07, 6.45) is -4.18. The van der Waals surface area contributed by atoms with Gasteiger partial charge in [-0.3, -0.25) is 27.2 Å². The molecule has 1 spiro atoms. The Balaban J connectivity index is 1.04. The maximum absolute atomic E-state index is 16.1. The number of halogens is 1. The van der Waals surface area contributed by atoms with Gasteiger partial charge in [-0.25, -0.2) is 43.4 Å². The van der Waals surface area contributed by atoms with Crippen LogP contribution < -0.4 is 11.5 Å². The van der Waals surface area contributed by atoms with Crippen molar-refractivity contribution in [3.8, 4) is 0 Å². The fraction of sp³-hybridized carbons (Fsp3) is 0.524. The molecule has 1 saturated carbocycles. The lowest BCUT2D eigenvalue weighted by Crippen LogP contribution is -2.42. The molecule has 1 aliphatic carbocycles. The molecule has 5 aliphatic rings. The van der Waals surface area contributed by atoms with Crippen LogP contribution in [0.2, 0.25) is 0 Å². The van der Waals surface area contributed by atoms with Gasteiger partial charge in [-0.15, -0.1) is 0 Å². The lowest BCUT2D eigenvalue weighted by atomic mass is 10.1. The summed E-state index contributed by atoms with van der Waals surface area (Å²) < 4.78 is 88.0. The van der Waals surface area contributed by atoms with Crippen LogP contribution in [-0.2, 0) is 41.4 Å². The van der Waals surface area contributed by atoms with E-state index < -0.39 is 74.4 Å². The van der Waals surface area contributed by atoms with Gasteiger partial charge >= 0.3 is 13.6 Å². The smallest absolute Gasteiger partial charge is 0.382 e. The molecule has 3 unspecified atom stereocenters. The molecule has 2 bridgehead atoms. The number of nitrogens with two attached hydrogens (primary N) is 2. The molecule has 19 nitrogen and oxygen atoms in total. The number of thiol groups is 2. The van der Waals surface area contributed by atoms with Crippen LogP contribution in [0.4, 0.5) is 16.0 Å². The molecular weight excluding hydrogens is 681 g/mol. The summed E-state index contributed by atoms with van der Waals surface area (Å²) >= 11 is 8.36. The third kappa shape index (κ3) is 3.86. The van der Waals surface area contributed by atoms with Crippen molar-refractivity contribution in [3.63, 3.8) is 0 Å². The lowest BCUT2D eigenvalue weighted by Gasteiger charge is -2.33. The van der Waals surface area contributed by atoms with Crippen molar-refractivity contribution in [2.45, 2.75) is 54.2 Å². The van der Waals surface area contributed by atoms with E-state index in [-0.39, 0.29) is 29.4 Å². The maximum Gasteiger partial charge on any atom is 0.387 e. The molecule has 238 valence electrons. The number of ether oxygens (including phenoxy) is 3. The molecule has 45 heavy (non-hydrogen) atoms. The topological polar surface area (TPSA) is 238 Å². The number of anilines is 2. The van der Waals surface area contributed by atoms with Crippen molar-refractivity contribution in [3.05, 3.63) is 25.3 Å². The number of nitrogens with zero attached hydrogens (tertiary/aromatic N) is 8. The number of alkyl halides is 1. The van der Waals surface area contributed by atoms with E-state index in [9.17, 15) is 9.13 Å². The number of aromatic nitrogens is 8. The first kappa shape index (κ1) is 28.7. The molecule has 4 saturated heterocycles. The fourth-order valence-corrected chi connectivity index (χ4v) is 10.2. The Morgan fingerprint density at radius 3 is 2.22 bits per heavy atom. The van der Waals surface area contributed by atoms with E-state index in [1.54, 1.807) is 4.57 Å². The van der Waals surface area contributed by atoms with Gasteiger partial charge in [-0.1, -0.05) is 24.5 Å². The summed E-state index contributed by atoms with van der Waals surface area (Å²) in [4.78, 5) is 24.6. The first-order chi connectivity index (χ1) is 21.4. The lowest BCUT2D eigenvalue weighted by molar-refractivity contribution is -0.189. The molecule has 0 amide bonds. The van der Waals surface area contributed by atoms with Crippen molar-refractivity contribution >= 4 is 72.1 Å². The monoisotopic (exact) mass is 702 g/mol. The van der Waals surface area contributed by atoms with Crippen LogP contribution in [0.15, 0.2) is 25.3 Å². The highest BCUT2D eigenvalue weighted by Gasteiger charge is 2.96. The second-order valence-electron chi connectivity index (χ2n) is 11.0. The van der Waals surface area contributed by atoms with Crippen molar-refractivity contribution in [2.24, 2.45) is 0 Å². The molecule has 24 heteroatoms. The maximum atomic E-state index is 16.1. The molecule has 11 atom stereocenters. The van der Waals surface area contributed by atoms with E-state index in [2.05, 4.69) is 54.4 Å². The summed E-state index contributed by atoms with van der Waals surface area (Å²) in [5.41, 5.74) is 9.78. The predicted octanol–water partition coefficient (Wildman–Crippen LogP) is 1.38. The minimum atomic E-state index is -4.41. The van der Waals surface area contributed by atoms with Gasteiger partial charge in [0.2, 0.25) is 0 Å². The number of rotatable bonds is 2. The number of fused-ring (bicyclic) bond motifs is 3. The molecule has 0 aromatic carbocycles. The number of hydrogen-bond donors (Lipinski definition) is 4. The Morgan fingerprint density at radius 1 is 0.911 bits per heavy atom. The third-order valence-electron chi connectivity index (χ3n) is 8.63. The summed E-state index contributed by atoms with van der Waals surface area (Å²) in [5, 5.41) is 0. The second-order valence-corrected chi connectivity index (χ2v) is 16.7. The molecule has 4 aromatic rings. The van der Waals surface area contributed by atoms with E-state index in [1.165, 1.54) is 29.9 Å². The van der Waals surface area contributed by atoms with Crippen LogP contribution in [0, 0.1) is 0 Å². The predicted molar refractivity (Wildman–Crippen MR) is 154 cm³/mol. The average Bonchev–Trinajstić information content (AvgIpc) is 3.64. The SMILES string of the molecule is Nc1ncnc2c1ncn2[C@@H]1O[C@@H]2COP(=O)(S)O[C@]34C(OP(=O)(S)O[C@H]2[C@H]1F)[C@]31CO[C@H]4[C@H](n2cnc3c(N)ncnc32)O1. The zero-order valence-corrected chi connectivity index (χ0v) is 25.9. The summed E-state index contributed by atoms with van der Waals surface area (Å²) in [6, 6.07) is 0. The highest BCUT2D eigenvalue weighted by atomic mass is 32.7. The molecule has 0 radical (unpaired) electrons. The van der Waals surface area contributed by atoms with Gasteiger partial charge in [0.05, 0.1) is 25.9 Å². The molecule has 8 heterocycles. The van der Waals surface area contributed by atoms with Gasteiger partial charge in [0.15, 0.2) is 52.8 Å². The first-order valence-corrected chi connectivity index (χ1v) is 18.7. The highest BCUT2D eigenvalue weighted by Crippen LogP contribution is 2.79. The normalized spacial score (nSPS) is 44.0. The summed E-state index contributed by atoms with van der Waals surface area (Å²) in [6.45, 7) is -9.36. The Morgan fingerprint density at radius 2 is 1.56 bits per heavy atom. The second kappa shape index (κ2) is 9.32. The van der Waals surface area contributed by atoms with Crippen molar-refractivity contribution < 1.29 is 45.8 Å². The molecule has 4 aliphatic heterocycles. The largest absolute Gasteiger partial charge is 0.387 e. The molecular formula is C21H21FN10O9P2S2. The molecule has 5 fully saturated rings.